The first kappa shape index (κ1) is 9.75. The zero-order valence-corrected chi connectivity index (χ0v) is 8.34. The highest BCUT2D eigenvalue weighted by atomic mass is 16.5. The summed E-state index contributed by atoms with van der Waals surface area (Å²) in [4.78, 5) is 2.43. The lowest BCUT2D eigenvalue weighted by Crippen LogP contribution is -2.50. The molecule has 0 aliphatic carbocycles. The van der Waals surface area contributed by atoms with Crippen LogP contribution in [0.25, 0.3) is 0 Å². The van der Waals surface area contributed by atoms with Crippen LogP contribution < -0.4 is 0 Å². The van der Waals surface area contributed by atoms with Crippen LogP contribution in [-0.2, 0) is 4.74 Å². The van der Waals surface area contributed by atoms with E-state index in [0.717, 1.165) is 19.7 Å². The fourth-order valence-corrected chi connectivity index (χ4v) is 1.43. The Hall–Kier alpha value is -0.340. The minimum atomic E-state index is 0.220. The van der Waals surface area contributed by atoms with Gasteiger partial charge in [0.15, 0.2) is 0 Å². The van der Waals surface area contributed by atoms with Gasteiger partial charge >= 0.3 is 0 Å². The van der Waals surface area contributed by atoms with Gasteiger partial charge in [-0.3, -0.25) is 4.90 Å². The van der Waals surface area contributed by atoms with Crippen molar-refractivity contribution in [3.63, 3.8) is 0 Å². The van der Waals surface area contributed by atoms with Crippen molar-refractivity contribution in [2.24, 2.45) is 0 Å². The molecule has 1 aliphatic rings. The van der Waals surface area contributed by atoms with Gasteiger partial charge in [0.2, 0.25) is 0 Å². The Labute approximate surface area is 75.2 Å². The molecule has 1 aliphatic heterocycles. The van der Waals surface area contributed by atoms with Crippen molar-refractivity contribution >= 4 is 0 Å². The zero-order valence-electron chi connectivity index (χ0n) is 8.34. The Kier molecular flexibility index (Phi) is 2.91. The summed E-state index contributed by atoms with van der Waals surface area (Å²) in [7, 11) is 0. The van der Waals surface area contributed by atoms with E-state index in [4.69, 9.17) is 4.74 Å². The monoisotopic (exact) mass is 169 g/mol. The van der Waals surface area contributed by atoms with E-state index in [2.05, 4.69) is 32.3 Å². The molecule has 1 rings (SSSR count). The van der Waals surface area contributed by atoms with Crippen LogP contribution in [0.2, 0.25) is 0 Å². The van der Waals surface area contributed by atoms with Crippen LogP contribution in [0, 0.1) is 0 Å². The van der Waals surface area contributed by atoms with Crippen LogP contribution in [0.5, 0.6) is 0 Å². The second-order valence-electron chi connectivity index (χ2n) is 4.26. The van der Waals surface area contributed by atoms with Crippen LogP contribution in [0.1, 0.15) is 20.8 Å². The summed E-state index contributed by atoms with van der Waals surface area (Å²) in [6.07, 6.45) is 2.11. The third-order valence-corrected chi connectivity index (χ3v) is 2.31. The van der Waals surface area contributed by atoms with Crippen molar-refractivity contribution in [3.05, 3.63) is 12.7 Å². The van der Waals surface area contributed by atoms with Crippen LogP contribution in [-0.4, -0.2) is 36.2 Å². The Balaban J connectivity index is 2.51. The Morgan fingerprint density at radius 2 is 2.17 bits per heavy atom. The maximum absolute atomic E-state index is 5.49. The molecule has 0 N–H and O–H groups in total. The second-order valence-corrected chi connectivity index (χ2v) is 4.26. The molecule has 1 saturated heterocycles. The van der Waals surface area contributed by atoms with Crippen LogP contribution >= 0.6 is 0 Å². The van der Waals surface area contributed by atoms with E-state index in [1.54, 1.807) is 0 Å². The van der Waals surface area contributed by atoms with E-state index in [1.807, 2.05) is 6.08 Å². The molecule has 12 heavy (non-hydrogen) atoms. The molecule has 0 aromatic carbocycles. The van der Waals surface area contributed by atoms with Crippen LogP contribution in [0.4, 0.5) is 0 Å². The van der Waals surface area contributed by atoms with E-state index < -0.39 is 0 Å². The van der Waals surface area contributed by atoms with Gasteiger partial charge in [-0.15, -0.1) is 6.58 Å². The molecule has 0 spiro atoms. The van der Waals surface area contributed by atoms with Crippen molar-refractivity contribution in [3.8, 4) is 0 Å². The van der Waals surface area contributed by atoms with Gasteiger partial charge in [-0.2, -0.15) is 0 Å². The number of hydrogen-bond acceptors (Lipinski definition) is 2. The first-order valence-corrected chi connectivity index (χ1v) is 4.53. The van der Waals surface area contributed by atoms with E-state index in [1.165, 1.54) is 0 Å². The standard InChI is InChI=1S/C10H19NO/c1-5-9-8-11(6-7-12-9)10(2,3)4/h5,9H,1,6-8H2,2-4H3/t9-/m1/s1. The van der Waals surface area contributed by atoms with Crippen molar-refractivity contribution in [1.82, 2.24) is 4.90 Å². The summed E-state index contributed by atoms with van der Waals surface area (Å²) < 4.78 is 5.49. The quantitative estimate of drug-likeness (QED) is 0.554. The molecule has 0 radical (unpaired) electrons. The van der Waals surface area contributed by atoms with E-state index in [0.29, 0.717) is 0 Å². The summed E-state index contributed by atoms with van der Waals surface area (Å²) >= 11 is 0. The minimum Gasteiger partial charge on any atom is -0.371 e. The summed E-state index contributed by atoms with van der Waals surface area (Å²) in [5, 5.41) is 0. The van der Waals surface area contributed by atoms with Gasteiger partial charge < -0.3 is 4.74 Å². The number of morpholine rings is 1. The predicted octanol–water partition coefficient (Wildman–Crippen LogP) is 1.67. The lowest BCUT2D eigenvalue weighted by Gasteiger charge is -2.40. The Morgan fingerprint density at radius 3 is 2.67 bits per heavy atom. The maximum atomic E-state index is 5.49. The van der Waals surface area contributed by atoms with Crippen molar-refractivity contribution in [2.45, 2.75) is 32.4 Å². The third-order valence-electron chi connectivity index (χ3n) is 2.31. The Morgan fingerprint density at radius 1 is 1.50 bits per heavy atom. The molecule has 0 amide bonds. The van der Waals surface area contributed by atoms with Gasteiger partial charge in [-0.05, 0) is 20.8 Å². The predicted molar refractivity (Wildman–Crippen MR) is 51.3 cm³/mol. The largest absolute Gasteiger partial charge is 0.371 e. The summed E-state index contributed by atoms with van der Waals surface area (Å²) in [5.41, 5.74) is 0.255. The van der Waals surface area contributed by atoms with E-state index in [9.17, 15) is 0 Å². The lowest BCUT2D eigenvalue weighted by atomic mass is 10.0. The molecule has 0 saturated carbocycles. The van der Waals surface area contributed by atoms with Gasteiger partial charge in [0.1, 0.15) is 0 Å². The highest BCUT2D eigenvalue weighted by Crippen LogP contribution is 2.17. The minimum absolute atomic E-state index is 0.220. The number of nitrogens with zero attached hydrogens (tertiary/aromatic N) is 1. The number of ether oxygens (including phenoxy) is 1. The third kappa shape index (κ3) is 2.32. The molecular weight excluding hydrogens is 150 g/mol. The van der Waals surface area contributed by atoms with Crippen molar-refractivity contribution in [2.75, 3.05) is 19.7 Å². The SMILES string of the molecule is C=C[C@@H]1CN(C(C)(C)C)CCO1. The van der Waals surface area contributed by atoms with Crippen molar-refractivity contribution < 1.29 is 4.74 Å². The fraction of sp³-hybridized carbons (Fsp3) is 0.800. The fourth-order valence-electron chi connectivity index (χ4n) is 1.43. The molecule has 1 heterocycles. The van der Waals surface area contributed by atoms with E-state index >= 15 is 0 Å². The normalized spacial score (nSPS) is 27.1. The van der Waals surface area contributed by atoms with Gasteiger partial charge in [0, 0.05) is 18.6 Å². The molecule has 1 fully saturated rings. The Bertz CT molecular complexity index is 160. The molecule has 0 aromatic heterocycles. The zero-order chi connectivity index (χ0) is 9.19. The molecule has 0 aromatic rings. The maximum Gasteiger partial charge on any atom is 0.0880 e. The average Bonchev–Trinajstić information content (AvgIpc) is 2.03. The van der Waals surface area contributed by atoms with Crippen molar-refractivity contribution in [1.29, 1.82) is 0 Å². The first-order chi connectivity index (χ1) is 5.54. The highest BCUT2D eigenvalue weighted by Gasteiger charge is 2.26. The average molecular weight is 169 g/mol. The van der Waals surface area contributed by atoms with E-state index in [-0.39, 0.29) is 11.6 Å². The molecule has 0 unspecified atom stereocenters. The highest BCUT2D eigenvalue weighted by molar-refractivity contribution is 4.89. The van der Waals surface area contributed by atoms with Gasteiger partial charge in [0.25, 0.3) is 0 Å². The van der Waals surface area contributed by atoms with Gasteiger partial charge in [0.05, 0.1) is 12.7 Å². The summed E-state index contributed by atoms with van der Waals surface area (Å²) in [6, 6.07) is 0. The lowest BCUT2D eigenvalue weighted by molar-refractivity contribution is -0.0370. The molecule has 2 heteroatoms. The molecule has 70 valence electrons. The molecule has 1 atom stereocenters. The second kappa shape index (κ2) is 3.58. The molecule has 2 nitrogen and oxygen atoms in total. The topological polar surface area (TPSA) is 12.5 Å². The summed E-state index contributed by atoms with van der Waals surface area (Å²) in [5.74, 6) is 0. The number of hydrogen-bond donors (Lipinski definition) is 0. The summed E-state index contributed by atoms with van der Waals surface area (Å²) in [6.45, 7) is 13.3. The van der Waals surface area contributed by atoms with Gasteiger partial charge in [-0.1, -0.05) is 6.08 Å². The molecule has 0 bridgehead atoms. The first-order valence-electron chi connectivity index (χ1n) is 4.53. The van der Waals surface area contributed by atoms with Crippen LogP contribution in [0.3, 0.4) is 0 Å². The van der Waals surface area contributed by atoms with Gasteiger partial charge in [-0.25, -0.2) is 0 Å². The van der Waals surface area contributed by atoms with Crippen LogP contribution in [0.15, 0.2) is 12.7 Å². The number of rotatable bonds is 1. The molecular formula is C10H19NO. The smallest absolute Gasteiger partial charge is 0.0880 e.